The summed E-state index contributed by atoms with van der Waals surface area (Å²) in [4.78, 5) is 0. The van der Waals surface area contributed by atoms with E-state index in [-0.39, 0.29) is 12.6 Å². The van der Waals surface area contributed by atoms with Crippen molar-refractivity contribution in [3.8, 4) is 0 Å². The van der Waals surface area contributed by atoms with Crippen molar-refractivity contribution < 1.29 is 5.11 Å². The van der Waals surface area contributed by atoms with Gasteiger partial charge in [-0.15, -0.1) is 0 Å². The molecule has 2 rings (SSSR count). The van der Waals surface area contributed by atoms with E-state index < -0.39 is 0 Å². The maximum atomic E-state index is 9.37. The molecule has 90 valence electrons. The zero-order valence-electron chi connectivity index (χ0n) is 9.87. The molecule has 0 amide bonds. The summed E-state index contributed by atoms with van der Waals surface area (Å²) in [5, 5.41) is 16.9. The van der Waals surface area contributed by atoms with Crippen LogP contribution in [0.1, 0.15) is 17.3 Å². The average molecular weight is 231 g/mol. The SMILES string of the molecule is Cn1ccc(CNC(CO)c2ccccc2)n1. The van der Waals surface area contributed by atoms with Gasteiger partial charge in [0.25, 0.3) is 0 Å². The molecule has 2 N–H and O–H groups in total. The Morgan fingerprint density at radius 3 is 2.65 bits per heavy atom. The highest BCUT2D eigenvalue weighted by Crippen LogP contribution is 2.12. The summed E-state index contributed by atoms with van der Waals surface area (Å²) in [5.41, 5.74) is 2.06. The maximum Gasteiger partial charge on any atom is 0.0762 e. The molecular weight excluding hydrogens is 214 g/mol. The van der Waals surface area contributed by atoms with Crippen molar-refractivity contribution in [2.75, 3.05) is 6.61 Å². The quantitative estimate of drug-likeness (QED) is 0.814. The third-order valence-corrected chi connectivity index (χ3v) is 2.68. The van der Waals surface area contributed by atoms with Gasteiger partial charge < -0.3 is 10.4 Å². The summed E-state index contributed by atoms with van der Waals surface area (Å²) >= 11 is 0. The van der Waals surface area contributed by atoms with Gasteiger partial charge in [-0.1, -0.05) is 30.3 Å². The molecule has 1 aromatic heterocycles. The van der Waals surface area contributed by atoms with E-state index in [0.29, 0.717) is 6.54 Å². The largest absolute Gasteiger partial charge is 0.394 e. The first-order chi connectivity index (χ1) is 8.29. The summed E-state index contributed by atoms with van der Waals surface area (Å²) in [6, 6.07) is 11.8. The lowest BCUT2D eigenvalue weighted by Crippen LogP contribution is -2.24. The lowest BCUT2D eigenvalue weighted by atomic mass is 10.1. The number of nitrogens with zero attached hydrogens (tertiary/aromatic N) is 2. The Bertz CT molecular complexity index is 453. The van der Waals surface area contributed by atoms with Gasteiger partial charge in [-0.2, -0.15) is 5.10 Å². The van der Waals surface area contributed by atoms with Gasteiger partial charge in [0.05, 0.1) is 18.3 Å². The van der Waals surface area contributed by atoms with Crippen LogP contribution in [0.4, 0.5) is 0 Å². The van der Waals surface area contributed by atoms with E-state index in [4.69, 9.17) is 0 Å². The van der Waals surface area contributed by atoms with Crippen molar-refractivity contribution in [3.63, 3.8) is 0 Å². The number of nitrogens with one attached hydrogen (secondary N) is 1. The van der Waals surface area contributed by atoms with E-state index >= 15 is 0 Å². The topological polar surface area (TPSA) is 50.1 Å². The van der Waals surface area contributed by atoms with Gasteiger partial charge in [0.1, 0.15) is 0 Å². The smallest absolute Gasteiger partial charge is 0.0762 e. The minimum absolute atomic E-state index is 0.0433. The van der Waals surface area contributed by atoms with Gasteiger partial charge in [-0.3, -0.25) is 4.68 Å². The molecule has 1 aromatic carbocycles. The van der Waals surface area contributed by atoms with Crippen molar-refractivity contribution in [3.05, 3.63) is 53.9 Å². The number of aliphatic hydroxyl groups is 1. The Morgan fingerprint density at radius 2 is 2.06 bits per heavy atom. The Balaban J connectivity index is 1.97. The van der Waals surface area contributed by atoms with Crippen LogP contribution in [0.15, 0.2) is 42.6 Å². The minimum Gasteiger partial charge on any atom is -0.394 e. The standard InChI is InChI=1S/C13H17N3O/c1-16-8-7-12(15-16)9-14-13(10-17)11-5-3-2-4-6-11/h2-8,13-14,17H,9-10H2,1H3. The van der Waals surface area contributed by atoms with Crippen LogP contribution in [-0.2, 0) is 13.6 Å². The maximum absolute atomic E-state index is 9.37. The van der Waals surface area contributed by atoms with Crippen LogP contribution in [0.5, 0.6) is 0 Å². The fourth-order valence-electron chi connectivity index (χ4n) is 1.76. The van der Waals surface area contributed by atoms with Crippen LogP contribution in [0.25, 0.3) is 0 Å². The third-order valence-electron chi connectivity index (χ3n) is 2.68. The first-order valence-corrected chi connectivity index (χ1v) is 5.67. The lowest BCUT2D eigenvalue weighted by molar-refractivity contribution is 0.243. The first-order valence-electron chi connectivity index (χ1n) is 5.67. The molecule has 0 radical (unpaired) electrons. The van der Waals surface area contributed by atoms with E-state index in [0.717, 1.165) is 11.3 Å². The Kier molecular flexibility index (Phi) is 3.90. The monoisotopic (exact) mass is 231 g/mol. The van der Waals surface area contributed by atoms with E-state index in [1.165, 1.54) is 0 Å². The molecule has 0 bridgehead atoms. The molecule has 4 nitrogen and oxygen atoms in total. The number of aryl methyl sites for hydroxylation is 1. The van der Waals surface area contributed by atoms with Gasteiger partial charge in [0.15, 0.2) is 0 Å². The van der Waals surface area contributed by atoms with Crippen LogP contribution in [0, 0.1) is 0 Å². The Morgan fingerprint density at radius 1 is 1.29 bits per heavy atom. The molecule has 0 aliphatic heterocycles. The summed E-state index contributed by atoms with van der Waals surface area (Å²) < 4.78 is 1.77. The number of rotatable bonds is 5. The molecule has 1 heterocycles. The summed E-state index contributed by atoms with van der Waals surface area (Å²) in [7, 11) is 1.89. The third kappa shape index (κ3) is 3.15. The predicted octanol–water partition coefficient (Wildman–Crippen LogP) is 1.24. The van der Waals surface area contributed by atoms with Gasteiger partial charge in [0, 0.05) is 19.8 Å². The number of hydrogen-bond acceptors (Lipinski definition) is 3. The van der Waals surface area contributed by atoms with Crippen LogP contribution in [0.3, 0.4) is 0 Å². The normalized spacial score (nSPS) is 12.6. The number of aliphatic hydroxyl groups excluding tert-OH is 1. The molecule has 0 fully saturated rings. The highest BCUT2D eigenvalue weighted by atomic mass is 16.3. The molecule has 0 aliphatic rings. The molecule has 17 heavy (non-hydrogen) atoms. The zero-order chi connectivity index (χ0) is 12.1. The highest BCUT2D eigenvalue weighted by molar-refractivity contribution is 5.19. The summed E-state index contributed by atoms with van der Waals surface area (Å²) in [5.74, 6) is 0. The molecule has 0 saturated heterocycles. The van der Waals surface area contributed by atoms with Crippen LogP contribution >= 0.6 is 0 Å². The number of benzene rings is 1. The number of aromatic nitrogens is 2. The van der Waals surface area contributed by atoms with E-state index in [1.54, 1.807) is 4.68 Å². The summed E-state index contributed by atoms with van der Waals surface area (Å²) in [6.45, 7) is 0.734. The first kappa shape index (κ1) is 11.8. The van der Waals surface area contributed by atoms with Gasteiger partial charge >= 0.3 is 0 Å². The van der Waals surface area contributed by atoms with Crippen molar-refractivity contribution >= 4 is 0 Å². The molecule has 4 heteroatoms. The zero-order valence-corrected chi connectivity index (χ0v) is 9.87. The number of hydrogen-bond donors (Lipinski definition) is 2. The van der Waals surface area contributed by atoms with E-state index in [1.807, 2.05) is 49.6 Å². The Hall–Kier alpha value is -1.65. The average Bonchev–Trinajstić information content (AvgIpc) is 2.77. The second-order valence-electron chi connectivity index (χ2n) is 4.01. The van der Waals surface area contributed by atoms with Gasteiger partial charge in [0.2, 0.25) is 0 Å². The molecule has 1 atom stereocenters. The van der Waals surface area contributed by atoms with Crippen LogP contribution in [0.2, 0.25) is 0 Å². The Labute approximate surface area is 101 Å². The van der Waals surface area contributed by atoms with Crippen LogP contribution < -0.4 is 5.32 Å². The van der Waals surface area contributed by atoms with E-state index in [2.05, 4.69) is 10.4 Å². The van der Waals surface area contributed by atoms with Crippen molar-refractivity contribution in [2.24, 2.45) is 7.05 Å². The molecule has 0 saturated carbocycles. The van der Waals surface area contributed by atoms with Gasteiger partial charge in [-0.05, 0) is 11.6 Å². The molecule has 1 unspecified atom stereocenters. The molecular formula is C13H17N3O. The molecule has 0 spiro atoms. The second kappa shape index (κ2) is 5.61. The van der Waals surface area contributed by atoms with Crippen molar-refractivity contribution in [1.29, 1.82) is 0 Å². The van der Waals surface area contributed by atoms with Crippen molar-refractivity contribution in [1.82, 2.24) is 15.1 Å². The fraction of sp³-hybridized carbons (Fsp3) is 0.308. The van der Waals surface area contributed by atoms with Crippen LogP contribution in [-0.4, -0.2) is 21.5 Å². The van der Waals surface area contributed by atoms with Crippen molar-refractivity contribution in [2.45, 2.75) is 12.6 Å². The lowest BCUT2D eigenvalue weighted by Gasteiger charge is -2.15. The highest BCUT2D eigenvalue weighted by Gasteiger charge is 2.09. The predicted molar refractivity (Wildman–Crippen MR) is 66.3 cm³/mol. The van der Waals surface area contributed by atoms with E-state index in [9.17, 15) is 5.11 Å². The van der Waals surface area contributed by atoms with Gasteiger partial charge in [-0.25, -0.2) is 0 Å². The second-order valence-corrected chi connectivity index (χ2v) is 4.01. The fourth-order valence-corrected chi connectivity index (χ4v) is 1.76. The molecule has 2 aromatic rings. The minimum atomic E-state index is -0.0433. The molecule has 0 aliphatic carbocycles. The summed E-state index contributed by atoms with van der Waals surface area (Å²) in [6.07, 6.45) is 1.91.